The standard InChI is InChI=1S/C26H17ClF3N3O4S/c27-21-12-9-17(13-20(21)26(28,29)30)32-38(36,37)18-10-7-16(8-11-18)31-23(34)14-33-22-6-2-4-15-3-1-5-19(24(15)22)25(33)35/h1-13,32H,14H2,(H,31,34). The summed E-state index contributed by atoms with van der Waals surface area (Å²) in [6.07, 6.45) is -4.76. The summed E-state index contributed by atoms with van der Waals surface area (Å²) in [5.74, 6) is -0.798. The van der Waals surface area contributed by atoms with Crippen molar-refractivity contribution in [1.82, 2.24) is 0 Å². The zero-order valence-corrected chi connectivity index (χ0v) is 20.8. The zero-order chi connectivity index (χ0) is 27.2. The van der Waals surface area contributed by atoms with Gasteiger partial charge in [0.15, 0.2) is 0 Å². The van der Waals surface area contributed by atoms with Crippen LogP contribution < -0.4 is 14.9 Å². The van der Waals surface area contributed by atoms with Crippen molar-refractivity contribution in [2.45, 2.75) is 11.1 Å². The summed E-state index contributed by atoms with van der Waals surface area (Å²) in [5.41, 5.74) is -0.0848. The van der Waals surface area contributed by atoms with E-state index in [2.05, 4.69) is 10.0 Å². The van der Waals surface area contributed by atoms with Crippen molar-refractivity contribution in [3.05, 3.63) is 95.0 Å². The summed E-state index contributed by atoms with van der Waals surface area (Å²) >= 11 is 5.58. The van der Waals surface area contributed by atoms with Gasteiger partial charge >= 0.3 is 6.18 Å². The molecule has 4 aromatic carbocycles. The molecule has 0 unspecified atom stereocenters. The van der Waals surface area contributed by atoms with Gasteiger partial charge in [-0.3, -0.25) is 19.2 Å². The number of hydrogen-bond acceptors (Lipinski definition) is 4. The normalized spacial score (nSPS) is 13.2. The minimum Gasteiger partial charge on any atom is -0.325 e. The van der Waals surface area contributed by atoms with Gasteiger partial charge in [-0.1, -0.05) is 35.9 Å². The maximum Gasteiger partial charge on any atom is 0.417 e. The predicted octanol–water partition coefficient (Wildman–Crippen LogP) is 5.91. The Bertz CT molecular complexity index is 1700. The van der Waals surface area contributed by atoms with Gasteiger partial charge in [-0.15, -0.1) is 0 Å². The second-order valence-corrected chi connectivity index (χ2v) is 10.5. The van der Waals surface area contributed by atoms with Gasteiger partial charge in [-0.2, -0.15) is 13.2 Å². The molecule has 38 heavy (non-hydrogen) atoms. The van der Waals surface area contributed by atoms with Gasteiger partial charge < -0.3 is 5.32 Å². The molecule has 0 radical (unpaired) electrons. The molecule has 0 saturated heterocycles. The van der Waals surface area contributed by atoms with Crippen LogP contribution in [0.1, 0.15) is 15.9 Å². The molecule has 12 heteroatoms. The Hall–Kier alpha value is -4.09. The molecule has 4 aromatic rings. The van der Waals surface area contributed by atoms with Crippen molar-refractivity contribution >= 4 is 61.3 Å². The van der Waals surface area contributed by atoms with E-state index in [0.717, 1.165) is 22.9 Å². The number of alkyl halides is 3. The van der Waals surface area contributed by atoms with Crippen LogP contribution >= 0.6 is 11.6 Å². The number of benzene rings is 4. The lowest BCUT2D eigenvalue weighted by molar-refractivity contribution is -0.137. The quantitative estimate of drug-likeness (QED) is 0.307. The summed E-state index contributed by atoms with van der Waals surface area (Å²) in [5, 5.41) is 3.72. The topological polar surface area (TPSA) is 95.6 Å². The van der Waals surface area contributed by atoms with Crippen LogP contribution in [0, 0.1) is 0 Å². The molecule has 0 atom stereocenters. The Morgan fingerprint density at radius 2 is 1.58 bits per heavy atom. The Kier molecular flexibility index (Phi) is 6.28. The number of carbonyl (C=O) groups excluding carboxylic acids is 2. The highest BCUT2D eigenvalue weighted by atomic mass is 35.5. The van der Waals surface area contributed by atoms with E-state index in [1.54, 1.807) is 24.3 Å². The first-order valence-electron chi connectivity index (χ1n) is 11.1. The van der Waals surface area contributed by atoms with Crippen LogP contribution in [0.25, 0.3) is 10.8 Å². The van der Waals surface area contributed by atoms with Crippen LogP contribution in [0.5, 0.6) is 0 Å². The van der Waals surface area contributed by atoms with Crippen LogP contribution in [0.3, 0.4) is 0 Å². The number of carbonyl (C=O) groups is 2. The maximum atomic E-state index is 13.1. The van der Waals surface area contributed by atoms with E-state index in [9.17, 15) is 31.2 Å². The van der Waals surface area contributed by atoms with Crippen molar-refractivity contribution in [3.8, 4) is 0 Å². The van der Waals surface area contributed by atoms with Crippen molar-refractivity contribution in [3.63, 3.8) is 0 Å². The SMILES string of the molecule is O=C(CN1C(=O)c2cccc3cccc1c23)Nc1ccc(S(=O)(=O)Nc2ccc(Cl)c(C(F)(F)F)c2)cc1. The zero-order valence-electron chi connectivity index (χ0n) is 19.2. The fraction of sp³-hybridized carbons (Fsp3) is 0.0769. The van der Waals surface area contributed by atoms with Gasteiger partial charge in [0.1, 0.15) is 6.54 Å². The highest BCUT2D eigenvalue weighted by molar-refractivity contribution is 7.92. The van der Waals surface area contributed by atoms with E-state index < -0.39 is 32.7 Å². The number of nitrogens with zero attached hydrogens (tertiary/aromatic N) is 1. The van der Waals surface area contributed by atoms with E-state index in [0.29, 0.717) is 17.3 Å². The van der Waals surface area contributed by atoms with Gasteiger partial charge in [-0.25, -0.2) is 8.42 Å². The number of sulfonamides is 1. The smallest absolute Gasteiger partial charge is 0.325 e. The van der Waals surface area contributed by atoms with Crippen LogP contribution in [0.2, 0.25) is 5.02 Å². The fourth-order valence-electron chi connectivity index (χ4n) is 4.22. The summed E-state index contributed by atoms with van der Waals surface area (Å²) in [6, 6.07) is 18.5. The molecule has 0 saturated carbocycles. The number of hydrogen-bond donors (Lipinski definition) is 2. The molecule has 7 nitrogen and oxygen atoms in total. The molecule has 2 N–H and O–H groups in total. The van der Waals surface area contributed by atoms with Crippen molar-refractivity contribution < 1.29 is 31.2 Å². The maximum absolute atomic E-state index is 13.1. The average molecular weight is 560 g/mol. The van der Waals surface area contributed by atoms with Gasteiger partial charge in [0, 0.05) is 22.3 Å². The summed E-state index contributed by atoms with van der Waals surface area (Å²) < 4.78 is 66.7. The second kappa shape index (κ2) is 9.34. The summed E-state index contributed by atoms with van der Waals surface area (Å²) in [6.45, 7) is -0.258. The van der Waals surface area contributed by atoms with E-state index in [1.807, 2.05) is 12.1 Å². The lowest BCUT2D eigenvalue weighted by Gasteiger charge is -2.17. The van der Waals surface area contributed by atoms with Crippen molar-refractivity contribution in [2.75, 3.05) is 21.5 Å². The highest BCUT2D eigenvalue weighted by Crippen LogP contribution is 2.38. The number of anilines is 3. The third-order valence-electron chi connectivity index (χ3n) is 5.92. The molecular weight excluding hydrogens is 543 g/mol. The molecule has 0 bridgehead atoms. The fourth-order valence-corrected chi connectivity index (χ4v) is 5.49. The van der Waals surface area contributed by atoms with Gasteiger partial charge in [-0.05, 0) is 60.0 Å². The lowest BCUT2D eigenvalue weighted by Crippen LogP contribution is -2.35. The number of nitrogens with one attached hydrogen (secondary N) is 2. The van der Waals surface area contributed by atoms with Crippen LogP contribution in [-0.4, -0.2) is 26.8 Å². The Balaban J connectivity index is 1.28. The first-order valence-corrected chi connectivity index (χ1v) is 12.9. The third-order valence-corrected chi connectivity index (χ3v) is 7.65. The Morgan fingerprint density at radius 3 is 2.26 bits per heavy atom. The largest absolute Gasteiger partial charge is 0.417 e. The van der Waals surface area contributed by atoms with Crippen LogP contribution in [-0.2, 0) is 21.0 Å². The highest BCUT2D eigenvalue weighted by Gasteiger charge is 2.34. The Morgan fingerprint density at radius 1 is 0.921 bits per heavy atom. The molecule has 1 aliphatic heterocycles. The monoisotopic (exact) mass is 559 g/mol. The lowest BCUT2D eigenvalue weighted by atomic mass is 10.1. The first kappa shape index (κ1) is 25.6. The van der Waals surface area contributed by atoms with Crippen LogP contribution in [0.4, 0.5) is 30.2 Å². The predicted molar refractivity (Wildman–Crippen MR) is 138 cm³/mol. The van der Waals surface area contributed by atoms with E-state index in [4.69, 9.17) is 11.6 Å². The number of amides is 2. The summed E-state index contributed by atoms with van der Waals surface area (Å²) in [4.78, 5) is 26.7. The van der Waals surface area contributed by atoms with Gasteiger partial charge in [0.2, 0.25) is 5.91 Å². The molecule has 0 aliphatic carbocycles. The Labute approximate surface area is 219 Å². The molecule has 0 aromatic heterocycles. The van der Waals surface area contributed by atoms with Gasteiger partial charge in [0.05, 0.1) is 21.2 Å². The molecule has 194 valence electrons. The average Bonchev–Trinajstić information content (AvgIpc) is 3.12. The van der Waals surface area contributed by atoms with Crippen LogP contribution in [0.15, 0.2) is 83.8 Å². The second-order valence-electron chi connectivity index (χ2n) is 8.44. The van der Waals surface area contributed by atoms with Gasteiger partial charge in [0.25, 0.3) is 15.9 Å². The molecule has 5 rings (SSSR count). The van der Waals surface area contributed by atoms with E-state index >= 15 is 0 Å². The van der Waals surface area contributed by atoms with E-state index in [-0.39, 0.29) is 28.7 Å². The molecular formula is C26H17ClF3N3O4S. The number of halogens is 4. The molecule has 1 heterocycles. The summed E-state index contributed by atoms with van der Waals surface area (Å²) in [7, 11) is -4.24. The van der Waals surface area contributed by atoms with Crippen molar-refractivity contribution in [2.24, 2.45) is 0 Å². The number of rotatable bonds is 6. The minimum atomic E-state index is -4.76. The minimum absolute atomic E-state index is 0.240. The molecule has 0 fully saturated rings. The molecule has 1 aliphatic rings. The molecule has 2 amide bonds. The third kappa shape index (κ3) is 4.77. The van der Waals surface area contributed by atoms with Crippen molar-refractivity contribution in [1.29, 1.82) is 0 Å². The van der Waals surface area contributed by atoms with E-state index in [1.165, 1.54) is 29.2 Å². The first-order chi connectivity index (χ1) is 17.9. The molecule has 0 spiro atoms.